The van der Waals surface area contributed by atoms with Crippen LogP contribution in [0.4, 0.5) is 13.2 Å². The Bertz CT molecular complexity index is 1330. The minimum absolute atomic E-state index is 0.000729. The molecule has 2 aromatic heterocycles. The fourth-order valence-corrected chi connectivity index (χ4v) is 4.32. The zero-order valence-corrected chi connectivity index (χ0v) is 17.0. The fraction of sp³-hybridized carbons (Fsp3) is 0.167. The van der Waals surface area contributed by atoms with Gasteiger partial charge in [0.15, 0.2) is 0 Å². The number of hydrogen-bond acceptors (Lipinski definition) is 5. The van der Waals surface area contributed by atoms with Crippen molar-refractivity contribution in [1.29, 1.82) is 5.26 Å². The van der Waals surface area contributed by atoms with Gasteiger partial charge in [0.2, 0.25) is 0 Å². The standard InChI is InChI=1S/C18H12ClF3N4O3S/c1-10-6-15(11(2)5-12(10)7-23)30(28,29)26(19)17(27)14-9-25-8-13(18(20,21)22)3-4-16(25)24-14/h3-6,8-9H,1-2H3. The van der Waals surface area contributed by atoms with Crippen molar-refractivity contribution >= 4 is 33.4 Å². The number of carbonyl (C=O) groups excluding carboxylic acids is 1. The summed E-state index contributed by atoms with van der Waals surface area (Å²) in [4.78, 5) is 16.2. The zero-order valence-electron chi connectivity index (χ0n) is 15.4. The molecule has 0 aliphatic rings. The number of imidazole rings is 1. The van der Waals surface area contributed by atoms with Crippen LogP contribution in [-0.4, -0.2) is 27.5 Å². The van der Waals surface area contributed by atoms with Crippen LogP contribution >= 0.6 is 11.8 Å². The second-order valence-electron chi connectivity index (χ2n) is 6.38. The molecule has 0 bridgehead atoms. The van der Waals surface area contributed by atoms with Crippen molar-refractivity contribution in [2.45, 2.75) is 24.9 Å². The minimum atomic E-state index is -4.60. The largest absolute Gasteiger partial charge is 0.417 e. The van der Waals surface area contributed by atoms with E-state index in [9.17, 15) is 26.4 Å². The topological polar surface area (TPSA) is 95.5 Å². The maximum atomic E-state index is 12.8. The average molecular weight is 457 g/mol. The van der Waals surface area contributed by atoms with Gasteiger partial charge in [-0.05, 0) is 49.2 Å². The number of rotatable bonds is 3. The summed E-state index contributed by atoms with van der Waals surface area (Å²) in [6, 6.07) is 6.31. The van der Waals surface area contributed by atoms with Gasteiger partial charge in [0, 0.05) is 24.2 Å². The molecule has 3 aromatic rings. The van der Waals surface area contributed by atoms with Gasteiger partial charge in [-0.25, -0.2) is 4.98 Å². The number of amides is 1. The Morgan fingerprint density at radius 3 is 2.47 bits per heavy atom. The van der Waals surface area contributed by atoms with Crippen LogP contribution in [0.2, 0.25) is 0 Å². The molecule has 2 heterocycles. The van der Waals surface area contributed by atoms with E-state index in [1.807, 2.05) is 6.07 Å². The molecule has 1 aromatic carbocycles. The Hall–Kier alpha value is -3.10. The monoisotopic (exact) mass is 456 g/mol. The predicted octanol–water partition coefficient (Wildman–Crippen LogP) is 3.83. The van der Waals surface area contributed by atoms with Gasteiger partial charge in [0.05, 0.1) is 22.1 Å². The van der Waals surface area contributed by atoms with E-state index in [1.165, 1.54) is 26.0 Å². The third-order valence-corrected chi connectivity index (χ3v) is 6.57. The van der Waals surface area contributed by atoms with Gasteiger partial charge < -0.3 is 4.40 Å². The van der Waals surface area contributed by atoms with Gasteiger partial charge in [-0.1, -0.05) is 0 Å². The van der Waals surface area contributed by atoms with E-state index in [4.69, 9.17) is 17.0 Å². The first kappa shape index (κ1) is 21.6. The van der Waals surface area contributed by atoms with E-state index in [2.05, 4.69) is 4.98 Å². The number of sulfonamides is 1. The van der Waals surface area contributed by atoms with Crippen LogP contribution < -0.4 is 0 Å². The van der Waals surface area contributed by atoms with Gasteiger partial charge in [0.25, 0.3) is 10.0 Å². The number of nitriles is 1. The Kier molecular flexibility index (Phi) is 5.26. The highest BCUT2D eigenvalue weighted by Gasteiger charge is 2.33. The lowest BCUT2D eigenvalue weighted by Crippen LogP contribution is -2.29. The van der Waals surface area contributed by atoms with E-state index in [1.54, 1.807) is 0 Å². The normalized spacial score (nSPS) is 12.0. The van der Waals surface area contributed by atoms with Gasteiger partial charge in [0.1, 0.15) is 11.3 Å². The molecule has 3 rings (SSSR count). The Labute approximate surface area is 174 Å². The van der Waals surface area contributed by atoms with Crippen molar-refractivity contribution in [3.63, 3.8) is 0 Å². The molecule has 0 saturated heterocycles. The first-order chi connectivity index (χ1) is 13.9. The van der Waals surface area contributed by atoms with Gasteiger partial charge >= 0.3 is 12.1 Å². The van der Waals surface area contributed by atoms with E-state index in [-0.39, 0.29) is 25.5 Å². The summed E-state index contributed by atoms with van der Waals surface area (Å²) in [6.07, 6.45) is -2.93. The molecule has 0 aliphatic heterocycles. The second-order valence-corrected chi connectivity index (χ2v) is 8.67. The molecule has 0 fully saturated rings. The zero-order chi connectivity index (χ0) is 22.4. The molecule has 0 atom stereocenters. The first-order valence-electron chi connectivity index (χ1n) is 8.19. The van der Waals surface area contributed by atoms with Crippen molar-refractivity contribution in [2.75, 3.05) is 0 Å². The van der Waals surface area contributed by atoms with E-state index in [0.29, 0.717) is 5.56 Å². The van der Waals surface area contributed by atoms with Crippen LogP contribution in [-0.2, 0) is 16.2 Å². The molecule has 30 heavy (non-hydrogen) atoms. The summed E-state index contributed by atoms with van der Waals surface area (Å²) in [7, 11) is -4.52. The molecule has 7 nitrogen and oxygen atoms in total. The highest BCUT2D eigenvalue weighted by atomic mass is 35.5. The van der Waals surface area contributed by atoms with Crippen LogP contribution in [0.5, 0.6) is 0 Å². The summed E-state index contributed by atoms with van der Waals surface area (Å²) in [5.41, 5.74) is -0.604. The molecule has 0 unspecified atom stereocenters. The number of aromatic nitrogens is 2. The van der Waals surface area contributed by atoms with Crippen molar-refractivity contribution < 1.29 is 26.4 Å². The number of carbonyl (C=O) groups is 1. The minimum Gasteiger partial charge on any atom is -0.306 e. The summed E-state index contributed by atoms with van der Waals surface area (Å²) < 4.78 is 65.1. The number of nitrogens with zero attached hydrogens (tertiary/aromatic N) is 4. The summed E-state index contributed by atoms with van der Waals surface area (Å²) in [5.74, 6) is -1.24. The van der Waals surface area contributed by atoms with Crippen molar-refractivity contribution in [1.82, 2.24) is 13.2 Å². The SMILES string of the molecule is Cc1cc(S(=O)(=O)N(Cl)C(=O)c2cn3cc(C(F)(F)F)ccc3n2)c(C)cc1C#N. The molecule has 0 aliphatic carbocycles. The lowest BCUT2D eigenvalue weighted by molar-refractivity contribution is -0.137. The molecule has 1 amide bonds. The van der Waals surface area contributed by atoms with Crippen LogP contribution in [0.25, 0.3) is 5.65 Å². The highest BCUT2D eigenvalue weighted by molar-refractivity contribution is 7.90. The van der Waals surface area contributed by atoms with Crippen LogP contribution in [0, 0.1) is 25.2 Å². The van der Waals surface area contributed by atoms with Crippen molar-refractivity contribution in [3.05, 3.63) is 64.6 Å². The molecule has 12 heteroatoms. The number of alkyl halides is 3. The van der Waals surface area contributed by atoms with Crippen molar-refractivity contribution in [3.8, 4) is 6.07 Å². The highest BCUT2D eigenvalue weighted by Crippen LogP contribution is 2.30. The fourth-order valence-electron chi connectivity index (χ4n) is 2.74. The molecule has 0 N–H and O–H groups in total. The smallest absolute Gasteiger partial charge is 0.306 e. The van der Waals surface area contributed by atoms with E-state index >= 15 is 0 Å². The quantitative estimate of drug-likeness (QED) is 0.558. The average Bonchev–Trinajstić information content (AvgIpc) is 3.10. The molecular formula is C18H12ClF3N4O3S. The maximum Gasteiger partial charge on any atom is 0.417 e. The number of halogens is 4. The molecule has 0 spiro atoms. The molecule has 0 saturated carbocycles. The van der Waals surface area contributed by atoms with Crippen molar-refractivity contribution in [2.24, 2.45) is 0 Å². The van der Waals surface area contributed by atoms with Crippen LogP contribution in [0.1, 0.15) is 32.7 Å². The number of hydrogen-bond donors (Lipinski definition) is 0. The van der Waals surface area contributed by atoms with E-state index in [0.717, 1.165) is 28.9 Å². The van der Waals surface area contributed by atoms with Gasteiger partial charge in [-0.15, -0.1) is 3.82 Å². The second kappa shape index (κ2) is 7.30. The molecule has 0 radical (unpaired) electrons. The number of aryl methyl sites for hydroxylation is 2. The number of benzene rings is 1. The van der Waals surface area contributed by atoms with Crippen LogP contribution in [0.3, 0.4) is 0 Å². The Balaban J connectivity index is 2.01. The third kappa shape index (κ3) is 3.71. The molecule has 156 valence electrons. The molecular weight excluding hydrogens is 445 g/mol. The Morgan fingerprint density at radius 2 is 1.87 bits per heavy atom. The van der Waals surface area contributed by atoms with E-state index < -0.39 is 33.4 Å². The lowest BCUT2D eigenvalue weighted by Gasteiger charge is -2.16. The predicted molar refractivity (Wildman–Crippen MR) is 100 cm³/mol. The summed E-state index contributed by atoms with van der Waals surface area (Å²) in [6.45, 7) is 2.96. The summed E-state index contributed by atoms with van der Waals surface area (Å²) in [5, 5.41) is 9.05. The number of fused-ring (bicyclic) bond motifs is 1. The first-order valence-corrected chi connectivity index (χ1v) is 9.97. The third-order valence-electron chi connectivity index (χ3n) is 4.29. The maximum absolute atomic E-state index is 12.8. The van der Waals surface area contributed by atoms with Gasteiger partial charge in [-0.3, -0.25) is 4.79 Å². The van der Waals surface area contributed by atoms with Crippen LogP contribution in [0.15, 0.2) is 41.6 Å². The lowest BCUT2D eigenvalue weighted by atomic mass is 10.1. The Morgan fingerprint density at radius 1 is 1.20 bits per heavy atom. The van der Waals surface area contributed by atoms with Gasteiger partial charge in [-0.2, -0.15) is 26.9 Å². The summed E-state index contributed by atoms with van der Waals surface area (Å²) >= 11 is 5.82. The number of pyridine rings is 1.